The van der Waals surface area contributed by atoms with Gasteiger partial charge < -0.3 is 16.0 Å². The molecule has 110 valence electrons. The largest absolute Gasteiger partial charge is 0.398 e. The molecule has 4 nitrogen and oxygen atoms in total. The highest BCUT2D eigenvalue weighted by Crippen LogP contribution is 2.20. The fourth-order valence-electron chi connectivity index (χ4n) is 2.18. The summed E-state index contributed by atoms with van der Waals surface area (Å²) in [5, 5.41) is 2.95. The molecule has 2 aromatic rings. The number of benzene rings is 2. The van der Waals surface area contributed by atoms with Gasteiger partial charge in [0, 0.05) is 17.9 Å². The van der Waals surface area contributed by atoms with Gasteiger partial charge in [-0.3, -0.25) is 4.79 Å². The minimum Gasteiger partial charge on any atom is -0.398 e. The van der Waals surface area contributed by atoms with Crippen molar-refractivity contribution >= 4 is 17.3 Å². The van der Waals surface area contributed by atoms with Crippen LogP contribution in [0, 0.1) is 6.92 Å². The number of amides is 1. The van der Waals surface area contributed by atoms with Crippen molar-refractivity contribution in [1.82, 2.24) is 4.90 Å². The molecule has 0 aliphatic rings. The predicted octanol–water partition coefficient (Wildman–Crippen LogP) is 2.89. The second-order valence-electron chi connectivity index (χ2n) is 5.44. The molecule has 0 radical (unpaired) electrons. The van der Waals surface area contributed by atoms with Crippen LogP contribution in [0.5, 0.6) is 0 Å². The SMILES string of the molecule is Cc1ccc(N)c(C(=O)Nc2ccccc2CN(C)C)c1. The Hall–Kier alpha value is -2.33. The summed E-state index contributed by atoms with van der Waals surface area (Å²) >= 11 is 0. The molecule has 0 atom stereocenters. The Labute approximate surface area is 125 Å². The number of nitrogens with two attached hydrogens (primary N) is 1. The fraction of sp³-hybridized carbons (Fsp3) is 0.235. The highest BCUT2D eigenvalue weighted by Gasteiger charge is 2.12. The zero-order valence-corrected chi connectivity index (χ0v) is 12.7. The van der Waals surface area contributed by atoms with Crippen molar-refractivity contribution in [2.45, 2.75) is 13.5 Å². The number of aryl methyl sites for hydroxylation is 1. The van der Waals surface area contributed by atoms with Crippen LogP contribution >= 0.6 is 0 Å². The molecule has 0 aliphatic carbocycles. The molecule has 1 amide bonds. The van der Waals surface area contributed by atoms with E-state index in [-0.39, 0.29) is 5.91 Å². The lowest BCUT2D eigenvalue weighted by atomic mass is 10.1. The maximum Gasteiger partial charge on any atom is 0.257 e. The second-order valence-corrected chi connectivity index (χ2v) is 5.44. The van der Waals surface area contributed by atoms with E-state index in [9.17, 15) is 4.79 Å². The summed E-state index contributed by atoms with van der Waals surface area (Å²) in [5.41, 5.74) is 9.79. The normalized spacial score (nSPS) is 10.7. The molecule has 3 N–H and O–H groups in total. The van der Waals surface area contributed by atoms with E-state index in [4.69, 9.17) is 5.73 Å². The number of carbonyl (C=O) groups excluding carboxylic acids is 1. The van der Waals surface area contributed by atoms with Gasteiger partial charge >= 0.3 is 0 Å². The van der Waals surface area contributed by atoms with E-state index in [2.05, 4.69) is 10.2 Å². The lowest BCUT2D eigenvalue weighted by Crippen LogP contribution is -2.17. The summed E-state index contributed by atoms with van der Waals surface area (Å²) in [6.07, 6.45) is 0. The highest BCUT2D eigenvalue weighted by molar-refractivity contribution is 6.08. The molecule has 0 aliphatic heterocycles. The van der Waals surface area contributed by atoms with E-state index >= 15 is 0 Å². The highest BCUT2D eigenvalue weighted by atomic mass is 16.1. The van der Waals surface area contributed by atoms with Gasteiger partial charge in [0.1, 0.15) is 0 Å². The van der Waals surface area contributed by atoms with Crippen molar-refractivity contribution in [1.29, 1.82) is 0 Å². The molecule has 0 spiro atoms. The van der Waals surface area contributed by atoms with Crippen molar-refractivity contribution < 1.29 is 4.79 Å². The van der Waals surface area contributed by atoms with Crippen LogP contribution in [0.1, 0.15) is 21.5 Å². The molecule has 0 saturated heterocycles. The maximum absolute atomic E-state index is 12.4. The summed E-state index contributed by atoms with van der Waals surface area (Å²) in [6, 6.07) is 13.3. The molecule has 0 aromatic heterocycles. The second kappa shape index (κ2) is 6.41. The Balaban J connectivity index is 2.25. The van der Waals surface area contributed by atoms with Gasteiger partial charge in [-0.15, -0.1) is 0 Å². The zero-order chi connectivity index (χ0) is 15.4. The molecule has 4 heteroatoms. The average Bonchev–Trinajstić information content (AvgIpc) is 2.43. The molecular formula is C17H21N3O. The minimum atomic E-state index is -0.178. The molecule has 0 bridgehead atoms. The molecular weight excluding hydrogens is 262 g/mol. The Kier molecular flexibility index (Phi) is 4.60. The maximum atomic E-state index is 12.4. The molecule has 0 heterocycles. The predicted molar refractivity (Wildman–Crippen MR) is 87.4 cm³/mol. The Morgan fingerprint density at radius 3 is 2.62 bits per heavy atom. The number of para-hydroxylation sites is 1. The number of hydrogen-bond acceptors (Lipinski definition) is 3. The van der Waals surface area contributed by atoms with E-state index in [1.807, 2.05) is 51.4 Å². The summed E-state index contributed by atoms with van der Waals surface area (Å²) < 4.78 is 0. The van der Waals surface area contributed by atoms with Crippen LogP contribution in [-0.2, 0) is 6.54 Å². The first kappa shape index (κ1) is 15.1. The van der Waals surface area contributed by atoms with Gasteiger partial charge in [-0.05, 0) is 44.8 Å². The lowest BCUT2D eigenvalue weighted by Gasteiger charge is -2.15. The Morgan fingerprint density at radius 2 is 1.90 bits per heavy atom. The number of rotatable bonds is 4. The fourth-order valence-corrected chi connectivity index (χ4v) is 2.18. The van der Waals surface area contributed by atoms with Gasteiger partial charge in [0.2, 0.25) is 0 Å². The van der Waals surface area contributed by atoms with Gasteiger partial charge in [-0.25, -0.2) is 0 Å². The van der Waals surface area contributed by atoms with Crippen molar-refractivity contribution in [3.8, 4) is 0 Å². The molecule has 0 fully saturated rings. The first-order valence-corrected chi connectivity index (χ1v) is 6.87. The molecule has 2 aromatic carbocycles. The van der Waals surface area contributed by atoms with Crippen molar-refractivity contribution in [3.05, 3.63) is 59.2 Å². The summed E-state index contributed by atoms with van der Waals surface area (Å²) in [6.45, 7) is 2.70. The summed E-state index contributed by atoms with van der Waals surface area (Å²) in [5.74, 6) is -0.178. The quantitative estimate of drug-likeness (QED) is 0.848. The third kappa shape index (κ3) is 3.83. The monoisotopic (exact) mass is 283 g/mol. The van der Waals surface area contributed by atoms with E-state index in [0.29, 0.717) is 11.3 Å². The summed E-state index contributed by atoms with van der Waals surface area (Å²) in [4.78, 5) is 14.5. The molecule has 0 saturated carbocycles. The molecule has 21 heavy (non-hydrogen) atoms. The topological polar surface area (TPSA) is 58.4 Å². The van der Waals surface area contributed by atoms with E-state index in [0.717, 1.165) is 23.4 Å². The number of hydrogen-bond donors (Lipinski definition) is 2. The van der Waals surface area contributed by atoms with Crippen LogP contribution in [0.2, 0.25) is 0 Å². The van der Waals surface area contributed by atoms with E-state index < -0.39 is 0 Å². The Morgan fingerprint density at radius 1 is 1.19 bits per heavy atom. The lowest BCUT2D eigenvalue weighted by molar-refractivity contribution is 0.102. The number of anilines is 2. The van der Waals surface area contributed by atoms with Crippen LogP contribution in [0.15, 0.2) is 42.5 Å². The minimum absolute atomic E-state index is 0.178. The van der Waals surface area contributed by atoms with Crippen molar-refractivity contribution in [3.63, 3.8) is 0 Å². The molecule has 0 unspecified atom stereocenters. The van der Waals surface area contributed by atoms with Crippen molar-refractivity contribution in [2.75, 3.05) is 25.1 Å². The number of nitrogen functional groups attached to an aromatic ring is 1. The smallest absolute Gasteiger partial charge is 0.257 e. The van der Waals surface area contributed by atoms with Gasteiger partial charge in [-0.2, -0.15) is 0 Å². The first-order chi connectivity index (χ1) is 9.97. The van der Waals surface area contributed by atoms with Crippen LogP contribution < -0.4 is 11.1 Å². The number of nitrogens with one attached hydrogen (secondary N) is 1. The third-order valence-electron chi connectivity index (χ3n) is 3.21. The zero-order valence-electron chi connectivity index (χ0n) is 12.7. The first-order valence-electron chi connectivity index (χ1n) is 6.87. The van der Waals surface area contributed by atoms with Crippen LogP contribution in [0.25, 0.3) is 0 Å². The van der Waals surface area contributed by atoms with E-state index in [1.165, 1.54) is 0 Å². The van der Waals surface area contributed by atoms with Crippen molar-refractivity contribution in [2.24, 2.45) is 0 Å². The standard InChI is InChI=1S/C17H21N3O/c1-12-8-9-15(18)14(10-12)17(21)19-16-7-5-4-6-13(16)11-20(2)3/h4-10H,11,18H2,1-3H3,(H,19,21). The summed E-state index contributed by atoms with van der Waals surface area (Å²) in [7, 11) is 3.99. The van der Waals surface area contributed by atoms with Gasteiger partial charge in [0.25, 0.3) is 5.91 Å². The van der Waals surface area contributed by atoms with Gasteiger partial charge in [-0.1, -0.05) is 29.8 Å². The number of carbonyl (C=O) groups is 1. The van der Waals surface area contributed by atoms with Gasteiger partial charge in [0.05, 0.1) is 5.56 Å². The van der Waals surface area contributed by atoms with Crippen LogP contribution in [0.4, 0.5) is 11.4 Å². The van der Waals surface area contributed by atoms with E-state index in [1.54, 1.807) is 12.1 Å². The van der Waals surface area contributed by atoms with Crippen LogP contribution in [-0.4, -0.2) is 24.9 Å². The van der Waals surface area contributed by atoms with Crippen LogP contribution in [0.3, 0.4) is 0 Å². The molecule has 2 rings (SSSR count). The average molecular weight is 283 g/mol. The Bertz CT molecular complexity index is 650. The number of nitrogens with zero attached hydrogens (tertiary/aromatic N) is 1. The third-order valence-corrected chi connectivity index (χ3v) is 3.21. The van der Waals surface area contributed by atoms with Gasteiger partial charge in [0.15, 0.2) is 0 Å².